The molecule has 7 nitrogen and oxygen atoms in total. The fourth-order valence-corrected chi connectivity index (χ4v) is 4.23. The van der Waals surface area contributed by atoms with Gasteiger partial charge in [-0.3, -0.25) is 19.8 Å². The summed E-state index contributed by atoms with van der Waals surface area (Å²) in [5, 5.41) is 10.9. The number of rotatable bonds is 6. The van der Waals surface area contributed by atoms with E-state index in [0.29, 0.717) is 25.1 Å². The largest absolute Gasteiger partial charge is 0.468 e. The lowest BCUT2D eigenvalue weighted by Crippen LogP contribution is -2.52. The summed E-state index contributed by atoms with van der Waals surface area (Å²) < 4.78 is 85.0. The van der Waals surface area contributed by atoms with E-state index in [4.69, 9.17) is 4.74 Å². The van der Waals surface area contributed by atoms with Gasteiger partial charge in [-0.1, -0.05) is 6.07 Å². The van der Waals surface area contributed by atoms with Crippen molar-refractivity contribution in [3.63, 3.8) is 0 Å². The topological polar surface area (TPSA) is 75.9 Å². The highest BCUT2D eigenvalue weighted by Gasteiger charge is 2.40. The zero-order chi connectivity index (χ0) is 27.0. The van der Waals surface area contributed by atoms with Crippen molar-refractivity contribution in [2.45, 2.75) is 18.6 Å². The molecule has 0 aromatic heterocycles. The van der Waals surface area contributed by atoms with Gasteiger partial charge in [0.2, 0.25) is 6.23 Å². The molecule has 0 radical (unpaired) electrons. The Kier molecular flexibility index (Phi) is 7.00. The maximum Gasteiger partial charge on any atom is 0.423 e. The van der Waals surface area contributed by atoms with Crippen molar-refractivity contribution in [3.05, 3.63) is 75.8 Å². The lowest BCUT2D eigenvalue weighted by Gasteiger charge is -2.38. The molecule has 1 fully saturated rings. The number of anilines is 1. The van der Waals surface area contributed by atoms with Crippen LogP contribution in [0.3, 0.4) is 0 Å². The van der Waals surface area contributed by atoms with Crippen molar-refractivity contribution < 1.29 is 40.8 Å². The Labute approximate surface area is 206 Å². The molecule has 1 saturated heterocycles. The SMILES string of the molecule is O=CC(Oc1ccc2ccc([N+](=O)[O-])c(C(F)(F)F)c2c1)N1CCN(c2ccc(C(F)(F)F)cc2)CC1. The third-order valence-electron chi connectivity index (χ3n) is 6.06. The molecule has 0 saturated carbocycles. The van der Waals surface area contributed by atoms with Gasteiger partial charge < -0.3 is 9.64 Å². The van der Waals surface area contributed by atoms with Crippen LogP contribution in [0, 0.1) is 10.1 Å². The number of piperazine rings is 1. The Balaban J connectivity index is 1.50. The first-order valence-corrected chi connectivity index (χ1v) is 10.9. The molecular formula is C24H19F6N3O4. The highest BCUT2D eigenvalue weighted by molar-refractivity contribution is 5.90. The van der Waals surface area contributed by atoms with Crippen molar-refractivity contribution in [1.82, 2.24) is 4.90 Å². The average Bonchev–Trinajstić information content (AvgIpc) is 2.85. The molecule has 0 bridgehead atoms. The first kappa shape index (κ1) is 26.2. The second-order valence-corrected chi connectivity index (χ2v) is 8.31. The predicted molar refractivity (Wildman–Crippen MR) is 121 cm³/mol. The van der Waals surface area contributed by atoms with Gasteiger partial charge in [-0.15, -0.1) is 0 Å². The number of alkyl halides is 6. The summed E-state index contributed by atoms with van der Waals surface area (Å²) in [6, 6.07) is 10.4. The zero-order valence-corrected chi connectivity index (χ0v) is 18.9. The van der Waals surface area contributed by atoms with E-state index in [0.717, 1.165) is 24.3 Å². The second-order valence-electron chi connectivity index (χ2n) is 8.31. The molecule has 3 aromatic carbocycles. The fourth-order valence-electron chi connectivity index (χ4n) is 4.23. The van der Waals surface area contributed by atoms with Crippen LogP contribution in [-0.2, 0) is 17.1 Å². The summed E-state index contributed by atoms with van der Waals surface area (Å²) in [5.74, 6) is -0.0826. The number of nitro groups is 1. The number of hydrogen-bond acceptors (Lipinski definition) is 6. The van der Waals surface area contributed by atoms with Crippen molar-refractivity contribution in [3.8, 4) is 5.75 Å². The number of hydrogen-bond donors (Lipinski definition) is 0. The molecule has 1 aliphatic heterocycles. The summed E-state index contributed by atoms with van der Waals surface area (Å²) in [5.41, 5.74) is -2.69. The van der Waals surface area contributed by atoms with Gasteiger partial charge in [0.05, 0.1) is 10.5 Å². The van der Waals surface area contributed by atoms with Crippen LogP contribution in [0.2, 0.25) is 0 Å². The van der Waals surface area contributed by atoms with Crippen molar-refractivity contribution in [2.24, 2.45) is 0 Å². The van der Waals surface area contributed by atoms with Gasteiger partial charge >= 0.3 is 12.4 Å². The van der Waals surface area contributed by atoms with E-state index < -0.39 is 45.7 Å². The molecule has 1 unspecified atom stereocenters. The van der Waals surface area contributed by atoms with Gasteiger partial charge in [-0.25, -0.2) is 0 Å². The minimum Gasteiger partial charge on any atom is -0.468 e. The monoisotopic (exact) mass is 527 g/mol. The molecular weight excluding hydrogens is 508 g/mol. The molecule has 0 spiro atoms. The molecule has 37 heavy (non-hydrogen) atoms. The standard InChI is InChI=1S/C24H19F6N3O4/c25-23(26,27)16-3-5-17(6-4-16)31-9-11-32(12-10-31)21(14-34)37-18-7-1-15-2-8-20(33(35)36)22(19(15)13-18)24(28,29)30/h1-8,13-14,21H,9-12H2. The van der Waals surface area contributed by atoms with E-state index in [1.165, 1.54) is 30.3 Å². The molecule has 13 heteroatoms. The number of halogens is 6. The first-order valence-electron chi connectivity index (χ1n) is 10.9. The second kappa shape index (κ2) is 9.88. The number of ether oxygens (including phenoxy) is 1. The normalized spacial score (nSPS) is 16.0. The van der Waals surface area contributed by atoms with E-state index in [2.05, 4.69) is 0 Å². The Bertz CT molecular complexity index is 1300. The Morgan fingerprint density at radius 2 is 1.51 bits per heavy atom. The van der Waals surface area contributed by atoms with E-state index >= 15 is 0 Å². The molecule has 1 aliphatic rings. The fraction of sp³-hybridized carbons (Fsp3) is 0.292. The van der Waals surface area contributed by atoms with E-state index in [9.17, 15) is 41.3 Å². The summed E-state index contributed by atoms with van der Waals surface area (Å²) in [4.78, 5) is 25.3. The Morgan fingerprint density at radius 3 is 2.05 bits per heavy atom. The van der Waals surface area contributed by atoms with Gasteiger partial charge in [0.1, 0.15) is 11.3 Å². The van der Waals surface area contributed by atoms with Gasteiger partial charge in [0.15, 0.2) is 6.29 Å². The number of nitrogens with zero attached hydrogens (tertiary/aromatic N) is 3. The first-order chi connectivity index (χ1) is 17.4. The highest BCUT2D eigenvalue weighted by atomic mass is 19.4. The minimum absolute atomic E-state index is 0.0826. The van der Waals surface area contributed by atoms with E-state index in [1.54, 1.807) is 4.90 Å². The molecule has 0 aliphatic carbocycles. The molecule has 0 amide bonds. The molecule has 4 rings (SSSR count). The summed E-state index contributed by atoms with van der Waals surface area (Å²) in [6.07, 6.45) is -10.1. The Hall–Kier alpha value is -3.87. The quantitative estimate of drug-likeness (QED) is 0.182. The maximum atomic E-state index is 13.7. The van der Waals surface area contributed by atoms with Crippen LogP contribution in [-0.4, -0.2) is 48.5 Å². The van der Waals surface area contributed by atoms with Crippen LogP contribution in [0.1, 0.15) is 11.1 Å². The zero-order valence-electron chi connectivity index (χ0n) is 18.9. The van der Waals surface area contributed by atoms with Crippen LogP contribution in [0.5, 0.6) is 5.75 Å². The number of aldehydes is 1. The number of carbonyl (C=O) groups is 1. The van der Waals surface area contributed by atoms with Crippen molar-refractivity contribution in [2.75, 3.05) is 31.1 Å². The van der Waals surface area contributed by atoms with E-state index in [-0.39, 0.29) is 24.2 Å². The van der Waals surface area contributed by atoms with Crippen LogP contribution in [0.4, 0.5) is 37.7 Å². The molecule has 0 N–H and O–H groups in total. The average molecular weight is 527 g/mol. The third kappa shape index (κ3) is 5.61. The number of carbonyl (C=O) groups excluding carboxylic acids is 1. The van der Waals surface area contributed by atoms with E-state index in [1.807, 2.05) is 4.90 Å². The smallest absolute Gasteiger partial charge is 0.423 e. The summed E-state index contributed by atoms with van der Waals surface area (Å²) in [7, 11) is 0. The highest BCUT2D eigenvalue weighted by Crippen LogP contribution is 2.42. The number of fused-ring (bicyclic) bond motifs is 1. The van der Waals surface area contributed by atoms with Gasteiger partial charge in [-0.05, 0) is 47.9 Å². The van der Waals surface area contributed by atoms with Crippen LogP contribution in [0.15, 0.2) is 54.6 Å². The predicted octanol–water partition coefficient (Wildman–Crippen LogP) is 5.51. The molecule has 196 valence electrons. The lowest BCUT2D eigenvalue weighted by molar-refractivity contribution is -0.387. The van der Waals surface area contributed by atoms with Crippen LogP contribution >= 0.6 is 0 Å². The molecule has 1 atom stereocenters. The Morgan fingerprint density at radius 1 is 0.892 bits per heavy atom. The van der Waals surface area contributed by atoms with Crippen molar-refractivity contribution >= 4 is 28.4 Å². The maximum absolute atomic E-state index is 13.7. The van der Waals surface area contributed by atoms with Crippen LogP contribution in [0.25, 0.3) is 10.8 Å². The van der Waals surface area contributed by atoms with Crippen molar-refractivity contribution in [1.29, 1.82) is 0 Å². The van der Waals surface area contributed by atoms with Crippen LogP contribution < -0.4 is 9.64 Å². The minimum atomic E-state index is -5.00. The van der Waals surface area contributed by atoms with Gasteiger partial charge in [0, 0.05) is 43.3 Å². The number of nitro benzene ring substituents is 1. The summed E-state index contributed by atoms with van der Waals surface area (Å²) in [6.45, 7) is 1.30. The van der Waals surface area contributed by atoms with Gasteiger partial charge in [0.25, 0.3) is 5.69 Å². The lowest BCUT2D eigenvalue weighted by atomic mass is 10.0. The van der Waals surface area contributed by atoms with Gasteiger partial charge in [-0.2, -0.15) is 26.3 Å². The molecule has 3 aromatic rings. The molecule has 1 heterocycles. The number of benzene rings is 3. The third-order valence-corrected chi connectivity index (χ3v) is 6.06. The summed E-state index contributed by atoms with van der Waals surface area (Å²) >= 11 is 0.